The maximum absolute atomic E-state index is 12.7. The van der Waals surface area contributed by atoms with Gasteiger partial charge < -0.3 is 15.7 Å². The summed E-state index contributed by atoms with van der Waals surface area (Å²) in [5.41, 5.74) is 1.69. The summed E-state index contributed by atoms with van der Waals surface area (Å²) >= 11 is 6.02. The zero-order chi connectivity index (χ0) is 22.7. The van der Waals surface area contributed by atoms with Crippen molar-refractivity contribution in [2.75, 3.05) is 11.9 Å². The summed E-state index contributed by atoms with van der Waals surface area (Å²) in [6.45, 7) is 1.59. The van der Waals surface area contributed by atoms with Crippen molar-refractivity contribution in [3.63, 3.8) is 0 Å². The number of carbonyl (C=O) groups excluding carboxylic acids is 1. The molecule has 10 nitrogen and oxygen atoms in total. The Balaban J connectivity index is 1.53. The molecule has 0 fully saturated rings. The van der Waals surface area contributed by atoms with Gasteiger partial charge in [-0.3, -0.25) is 14.0 Å². The highest BCUT2D eigenvalue weighted by Gasteiger charge is 2.18. The summed E-state index contributed by atoms with van der Waals surface area (Å²) in [5, 5.41) is 20.2. The van der Waals surface area contributed by atoms with Crippen molar-refractivity contribution in [1.82, 2.24) is 34.6 Å². The molecular weight excluding hydrogens is 432 g/mol. The zero-order valence-electron chi connectivity index (χ0n) is 17.4. The Kier molecular flexibility index (Phi) is 6.15. The molecule has 1 aromatic carbocycles. The normalized spacial score (nSPS) is 11.9. The minimum absolute atomic E-state index is 0.185. The first-order valence-corrected chi connectivity index (χ1v) is 10.1. The molecule has 0 saturated heterocycles. The molecule has 0 saturated carbocycles. The van der Waals surface area contributed by atoms with Crippen LogP contribution in [0.25, 0.3) is 5.82 Å². The smallest absolute Gasteiger partial charge is 0.272 e. The van der Waals surface area contributed by atoms with Gasteiger partial charge in [0.25, 0.3) is 5.91 Å². The van der Waals surface area contributed by atoms with Gasteiger partial charge in [-0.2, -0.15) is 10.1 Å². The van der Waals surface area contributed by atoms with E-state index in [0.717, 1.165) is 11.4 Å². The second kappa shape index (κ2) is 9.16. The standard InChI is InChI=1S/C21H21ClN8O2/c1-13-9-23-21(27-18-6-7-25-29(18)2)28-19(13)30-10-16(24-12-30)20(32)26-17(11-31)14-4-3-5-15(22)8-14/h3-10,12,17,31H,11H2,1-2H3,(H,26,32)(H,23,27,28). The Labute approximate surface area is 188 Å². The van der Waals surface area contributed by atoms with Gasteiger partial charge in [-0.05, 0) is 24.6 Å². The number of nitrogens with zero attached hydrogens (tertiary/aromatic N) is 6. The van der Waals surface area contributed by atoms with Crippen LogP contribution in [-0.4, -0.2) is 46.9 Å². The summed E-state index contributed by atoms with van der Waals surface area (Å²) in [7, 11) is 1.81. The van der Waals surface area contributed by atoms with Gasteiger partial charge in [0.2, 0.25) is 5.95 Å². The van der Waals surface area contributed by atoms with Gasteiger partial charge in [0.05, 0.1) is 18.8 Å². The molecule has 0 spiro atoms. The van der Waals surface area contributed by atoms with E-state index < -0.39 is 11.9 Å². The van der Waals surface area contributed by atoms with Gasteiger partial charge >= 0.3 is 0 Å². The van der Waals surface area contributed by atoms with E-state index in [1.165, 1.54) is 6.33 Å². The van der Waals surface area contributed by atoms with Crippen LogP contribution in [0, 0.1) is 6.92 Å². The highest BCUT2D eigenvalue weighted by Crippen LogP contribution is 2.19. The number of halogens is 1. The van der Waals surface area contributed by atoms with E-state index in [1.807, 2.05) is 6.92 Å². The molecule has 3 N–H and O–H groups in total. The van der Waals surface area contributed by atoms with Crippen molar-refractivity contribution in [1.29, 1.82) is 0 Å². The first kappa shape index (κ1) is 21.5. The number of hydrogen-bond acceptors (Lipinski definition) is 7. The van der Waals surface area contributed by atoms with Crippen LogP contribution in [0.4, 0.5) is 11.8 Å². The topological polar surface area (TPSA) is 123 Å². The van der Waals surface area contributed by atoms with Crippen LogP contribution < -0.4 is 10.6 Å². The van der Waals surface area contributed by atoms with Gasteiger partial charge in [0.1, 0.15) is 23.7 Å². The molecule has 4 rings (SSSR count). The molecule has 3 aromatic heterocycles. The number of imidazole rings is 1. The van der Waals surface area contributed by atoms with Gasteiger partial charge in [0, 0.05) is 36.1 Å². The molecule has 1 amide bonds. The van der Waals surface area contributed by atoms with Crippen molar-refractivity contribution in [2.45, 2.75) is 13.0 Å². The maximum Gasteiger partial charge on any atom is 0.272 e. The molecule has 1 atom stereocenters. The molecule has 164 valence electrons. The van der Waals surface area contributed by atoms with Crippen LogP contribution in [0.3, 0.4) is 0 Å². The van der Waals surface area contributed by atoms with Crippen molar-refractivity contribution in [2.24, 2.45) is 7.05 Å². The van der Waals surface area contributed by atoms with Crippen molar-refractivity contribution >= 4 is 29.3 Å². The predicted octanol–water partition coefficient (Wildman–Crippen LogP) is 2.56. The molecule has 11 heteroatoms. The fourth-order valence-corrected chi connectivity index (χ4v) is 3.31. The van der Waals surface area contributed by atoms with Crippen LogP contribution in [0.15, 0.2) is 55.2 Å². The SMILES string of the molecule is Cc1cnc(Nc2ccnn2C)nc1-n1cnc(C(=O)NC(CO)c2cccc(Cl)c2)c1. The monoisotopic (exact) mass is 452 g/mol. The van der Waals surface area contributed by atoms with Crippen LogP contribution in [-0.2, 0) is 7.05 Å². The lowest BCUT2D eigenvalue weighted by Crippen LogP contribution is -2.31. The summed E-state index contributed by atoms with van der Waals surface area (Å²) in [5.74, 6) is 1.27. The van der Waals surface area contributed by atoms with E-state index in [9.17, 15) is 9.90 Å². The Morgan fingerprint density at radius 3 is 2.84 bits per heavy atom. The predicted molar refractivity (Wildman–Crippen MR) is 119 cm³/mol. The van der Waals surface area contributed by atoms with Crippen LogP contribution in [0.5, 0.6) is 0 Å². The fourth-order valence-electron chi connectivity index (χ4n) is 3.11. The van der Waals surface area contributed by atoms with E-state index in [4.69, 9.17) is 11.6 Å². The minimum Gasteiger partial charge on any atom is -0.394 e. The molecule has 0 aliphatic rings. The number of aryl methyl sites for hydroxylation is 2. The quantitative estimate of drug-likeness (QED) is 0.393. The molecule has 0 aliphatic carbocycles. The highest BCUT2D eigenvalue weighted by molar-refractivity contribution is 6.30. The second-order valence-corrected chi connectivity index (χ2v) is 7.53. The summed E-state index contributed by atoms with van der Waals surface area (Å²) in [4.78, 5) is 25.8. The Morgan fingerprint density at radius 2 is 2.12 bits per heavy atom. The zero-order valence-corrected chi connectivity index (χ0v) is 18.2. The number of benzene rings is 1. The molecule has 0 aliphatic heterocycles. The minimum atomic E-state index is -0.609. The Morgan fingerprint density at radius 1 is 1.28 bits per heavy atom. The highest BCUT2D eigenvalue weighted by atomic mass is 35.5. The maximum atomic E-state index is 12.7. The lowest BCUT2D eigenvalue weighted by molar-refractivity contribution is 0.0911. The number of nitrogens with one attached hydrogen (secondary N) is 2. The van der Waals surface area contributed by atoms with Crippen LogP contribution in [0.2, 0.25) is 5.02 Å². The molecule has 32 heavy (non-hydrogen) atoms. The van der Waals surface area contributed by atoms with Gasteiger partial charge in [-0.1, -0.05) is 23.7 Å². The number of carbonyl (C=O) groups is 1. The average Bonchev–Trinajstić information content (AvgIpc) is 3.43. The molecule has 1 unspecified atom stereocenters. The van der Waals surface area contributed by atoms with Crippen LogP contribution in [0.1, 0.15) is 27.7 Å². The largest absolute Gasteiger partial charge is 0.394 e. The number of aliphatic hydroxyl groups excluding tert-OH is 1. The number of amides is 1. The number of rotatable bonds is 7. The summed E-state index contributed by atoms with van der Waals surface area (Å²) < 4.78 is 3.31. The average molecular weight is 453 g/mol. The van der Waals surface area contributed by atoms with Gasteiger partial charge in [-0.25, -0.2) is 9.97 Å². The lowest BCUT2D eigenvalue weighted by Gasteiger charge is -2.16. The first-order valence-electron chi connectivity index (χ1n) is 9.75. The molecule has 3 heterocycles. The fraction of sp³-hybridized carbons (Fsp3) is 0.190. The Hall–Kier alpha value is -3.76. The molecule has 0 bridgehead atoms. The third-order valence-electron chi connectivity index (χ3n) is 4.80. The van der Waals surface area contributed by atoms with Crippen molar-refractivity contribution in [3.05, 3.63) is 77.1 Å². The van der Waals surface area contributed by atoms with E-state index in [2.05, 4.69) is 30.7 Å². The van der Waals surface area contributed by atoms with Crippen LogP contribution >= 0.6 is 11.6 Å². The van der Waals surface area contributed by atoms with E-state index >= 15 is 0 Å². The van der Waals surface area contributed by atoms with Crippen molar-refractivity contribution in [3.8, 4) is 5.82 Å². The molecular formula is C21H21ClN8O2. The van der Waals surface area contributed by atoms with E-state index in [0.29, 0.717) is 22.4 Å². The number of aliphatic hydroxyl groups is 1. The number of anilines is 2. The van der Waals surface area contributed by atoms with E-state index in [1.54, 1.807) is 65.2 Å². The van der Waals surface area contributed by atoms with Gasteiger partial charge in [-0.15, -0.1) is 0 Å². The summed E-state index contributed by atoms with van der Waals surface area (Å²) in [6.07, 6.45) is 6.43. The number of hydrogen-bond donors (Lipinski definition) is 3. The third-order valence-corrected chi connectivity index (χ3v) is 5.04. The lowest BCUT2D eigenvalue weighted by atomic mass is 10.1. The molecule has 0 radical (unpaired) electrons. The first-order chi connectivity index (χ1) is 15.4. The van der Waals surface area contributed by atoms with Crippen molar-refractivity contribution < 1.29 is 9.90 Å². The Bertz CT molecular complexity index is 1250. The second-order valence-electron chi connectivity index (χ2n) is 7.10. The third kappa shape index (κ3) is 4.61. The van der Waals surface area contributed by atoms with E-state index in [-0.39, 0.29) is 12.3 Å². The van der Waals surface area contributed by atoms with Gasteiger partial charge in [0.15, 0.2) is 0 Å². The summed E-state index contributed by atoms with van der Waals surface area (Å²) in [6, 6.07) is 8.16. The number of aromatic nitrogens is 6. The molecule has 4 aromatic rings.